The normalized spacial score (nSPS) is 17.4. The van der Waals surface area contributed by atoms with E-state index in [1.165, 1.54) is 7.11 Å². The molecule has 1 saturated heterocycles. The minimum atomic E-state index is -0.481. The van der Waals surface area contributed by atoms with Gasteiger partial charge in [0, 0.05) is 17.5 Å². The summed E-state index contributed by atoms with van der Waals surface area (Å²) in [6, 6.07) is 7.57. The van der Waals surface area contributed by atoms with Crippen LogP contribution < -0.4 is 0 Å². The van der Waals surface area contributed by atoms with Gasteiger partial charge in [0.25, 0.3) is 0 Å². The van der Waals surface area contributed by atoms with E-state index in [0.717, 1.165) is 24.8 Å². The Morgan fingerprint density at radius 1 is 1.41 bits per heavy atom. The number of aliphatic hydroxyl groups excluding tert-OH is 1. The van der Waals surface area contributed by atoms with Gasteiger partial charge in [0.15, 0.2) is 0 Å². The molecule has 1 heterocycles. The first-order chi connectivity index (χ1) is 14.0. The molecule has 1 aromatic rings. The quantitative estimate of drug-likeness (QED) is 0.377. The van der Waals surface area contributed by atoms with Crippen LogP contribution >= 0.6 is 11.6 Å². The number of hydrogen-bond donors (Lipinski definition) is 1. The van der Waals surface area contributed by atoms with Crippen LogP contribution in [0.3, 0.4) is 0 Å². The van der Waals surface area contributed by atoms with Gasteiger partial charge in [-0.1, -0.05) is 35.6 Å². The van der Waals surface area contributed by atoms with Gasteiger partial charge < -0.3 is 19.5 Å². The highest BCUT2D eigenvalue weighted by Crippen LogP contribution is 2.23. The Balaban J connectivity index is 1.79. The summed E-state index contributed by atoms with van der Waals surface area (Å²) in [5, 5.41) is 11.0. The van der Waals surface area contributed by atoms with Crippen LogP contribution in [0.2, 0.25) is 5.02 Å². The standard InChI is InChI=1S/C22H28ClNO5/c1-28-22(27)16-29-13-3-2-12-24-19(8-5-9-21(24)26)10-11-20(25)15-17-6-4-7-18(23)14-17/h4,6-7,14,19-20,25H,5,8-13,15-16H2,1H3. The summed E-state index contributed by atoms with van der Waals surface area (Å²) in [7, 11) is 1.30. The van der Waals surface area contributed by atoms with Crippen molar-refractivity contribution in [2.75, 3.05) is 26.9 Å². The number of halogens is 1. The van der Waals surface area contributed by atoms with Crippen molar-refractivity contribution in [2.24, 2.45) is 0 Å². The van der Waals surface area contributed by atoms with Crippen molar-refractivity contribution in [1.29, 1.82) is 0 Å². The molecule has 0 aromatic heterocycles. The van der Waals surface area contributed by atoms with Crippen LogP contribution in [0.1, 0.15) is 37.7 Å². The van der Waals surface area contributed by atoms with E-state index in [-0.39, 0.29) is 25.2 Å². The smallest absolute Gasteiger partial charge is 0.331 e. The molecule has 6 nitrogen and oxygen atoms in total. The molecular formula is C22H28ClNO5. The molecule has 0 saturated carbocycles. The molecule has 1 aliphatic heterocycles. The molecule has 0 bridgehead atoms. The third-order valence-corrected chi connectivity index (χ3v) is 5.11. The summed E-state index contributed by atoms with van der Waals surface area (Å²) in [4.78, 5) is 25.1. The highest BCUT2D eigenvalue weighted by Gasteiger charge is 2.27. The maximum atomic E-state index is 12.3. The third-order valence-electron chi connectivity index (χ3n) is 4.88. The van der Waals surface area contributed by atoms with E-state index in [4.69, 9.17) is 16.3 Å². The molecular weight excluding hydrogens is 394 g/mol. The number of esters is 1. The second kappa shape index (κ2) is 12.5. The van der Waals surface area contributed by atoms with Crippen LogP contribution in [0.25, 0.3) is 0 Å². The number of benzene rings is 1. The Morgan fingerprint density at radius 3 is 3.00 bits per heavy atom. The Labute approximate surface area is 177 Å². The predicted molar refractivity (Wildman–Crippen MR) is 110 cm³/mol. The molecule has 1 aliphatic rings. The van der Waals surface area contributed by atoms with E-state index in [0.29, 0.717) is 30.8 Å². The van der Waals surface area contributed by atoms with Gasteiger partial charge in [-0.3, -0.25) is 4.79 Å². The van der Waals surface area contributed by atoms with Crippen molar-refractivity contribution < 1.29 is 24.2 Å². The number of carbonyl (C=O) groups is 2. The van der Waals surface area contributed by atoms with Gasteiger partial charge in [0.2, 0.25) is 5.91 Å². The molecule has 2 atom stereocenters. The molecule has 7 heteroatoms. The molecule has 2 unspecified atom stereocenters. The Hall–Kier alpha value is -2.07. The van der Waals surface area contributed by atoms with Gasteiger partial charge in [0.1, 0.15) is 13.2 Å². The first-order valence-electron chi connectivity index (χ1n) is 9.82. The van der Waals surface area contributed by atoms with Gasteiger partial charge in [0.05, 0.1) is 19.8 Å². The largest absolute Gasteiger partial charge is 0.467 e. The number of aliphatic hydroxyl groups is 1. The van der Waals surface area contributed by atoms with E-state index in [1.807, 2.05) is 24.3 Å². The van der Waals surface area contributed by atoms with Crippen LogP contribution in [0.15, 0.2) is 24.3 Å². The monoisotopic (exact) mass is 421 g/mol. The number of ether oxygens (including phenoxy) is 2. The van der Waals surface area contributed by atoms with E-state index >= 15 is 0 Å². The van der Waals surface area contributed by atoms with E-state index < -0.39 is 12.1 Å². The van der Waals surface area contributed by atoms with Gasteiger partial charge in [-0.25, -0.2) is 4.79 Å². The highest BCUT2D eigenvalue weighted by molar-refractivity contribution is 6.30. The molecule has 29 heavy (non-hydrogen) atoms. The Morgan fingerprint density at radius 2 is 2.24 bits per heavy atom. The van der Waals surface area contributed by atoms with E-state index in [9.17, 15) is 14.7 Å². The van der Waals surface area contributed by atoms with Crippen molar-refractivity contribution in [1.82, 2.24) is 4.90 Å². The van der Waals surface area contributed by atoms with Crippen LogP contribution in [0.5, 0.6) is 0 Å². The average Bonchev–Trinajstić information content (AvgIpc) is 2.70. The summed E-state index contributed by atoms with van der Waals surface area (Å²) in [6.45, 7) is 0.302. The van der Waals surface area contributed by atoms with Crippen molar-refractivity contribution in [3.8, 4) is 11.8 Å². The average molecular weight is 422 g/mol. The number of hydrogen-bond acceptors (Lipinski definition) is 5. The zero-order valence-corrected chi connectivity index (χ0v) is 17.5. The molecule has 1 aromatic carbocycles. The lowest BCUT2D eigenvalue weighted by Crippen LogP contribution is -2.44. The topological polar surface area (TPSA) is 76.1 Å². The van der Waals surface area contributed by atoms with E-state index in [2.05, 4.69) is 16.6 Å². The molecule has 0 radical (unpaired) electrons. The minimum absolute atomic E-state index is 0.0792. The van der Waals surface area contributed by atoms with Gasteiger partial charge in [-0.2, -0.15) is 0 Å². The molecule has 2 rings (SSSR count). The van der Waals surface area contributed by atoms with E-state index in [1.54, 1.807) is 4.90 Å². The summed E-state index contributed by atoms with van der Waals surface area (Å²) in [6.07, 6.45) is 3.70. The zero-order valence-electron chi connectivity index (χ0n) is 16.7. The highest BCUT2D eigenvalue weighted by atomic mass is 35.5. The second-order valence-corrected chi connectivity index (χ2v) is 7.49. The number of amides is 1. The fraction of sp³-hybridized carbons (Fsp3) is 0.545. The predicted octanol–water partition coefficient (Wildman–Crippen LogP) is 2.60. The van der Waals surface area contributed by atoms with Crippen molar-refractivity contribution in [2.45, 2.75) is 50.7 Å². The maximum Gasteiger partial charge on any atom is 0.331 e. The molecule has 0 aliphatic carbocycles. The Bertz CT molecular complexity index is 742. The Kier molecular flexibility index (Phi) is 9.99. The van der Waals surface area contributed by atoms with Crippen LogP contribution in [0.4, 0.5) is 0 Å². The summed E-state index contributed by atoms with van der Waals surface area (Å²) < 4.78 is 9.56. The first kappa shape index (κ1) is 23.2. The molecule has 1 amide bonds. The lowest BCUT2D eigenvalue weighted by atomic mass is 9.94. The minimum Gasteiger partial charge on any atom is -0.467 e. The summed E-state index contributed by atoms with van der Waals surface area (Å²) >= 11 is 5.99. The number of rotatable bonds is 9. The third kappa shape index (κ3) is 8.45. The second-order valence-electron chi connectivity index (χ2n) is 7.06. The van der Waals surface area contributed by atoms with Crippen LogP contribution in [-0.4, -0.2) is 60.9 Å². The molecule has 0 spiro atoms. The number of nitrogens with zero attached hydrogens (tertiary/aromatic N) is 1. The number of methoxy groups -OCH3 is 1. The fourth-order valence-electron chi connectivity index (χ4n) is 3.37. The van der Waals surface area contributed by atoms with Gasteiger partial charge in [-0.15, -0.1) is 0 Å². The number of piperidine rings is 1. The lowest BCUT2D eigenvalue weighted by Gasteiger charge is -2.35. The summed E-state index contributed by atoms with van der Waals surface area (Å²) in [5.41, 5.74) is 0.999. The number of likely N-dealkylation sites (tertiary alicyclic amines) is 1. The van der Waals surface area contributed by atoms with Gasteiger partial charge in [-0.05, 0) is 49.8 Å². The molecule has 1 fully saturated rings. The van der Waals surface area contributed by atoms with Crippen molar-refractivity contribution in [3.05, 3.63) is 34.9 Å². The SMILES string of the molecule is COC(=O)COCC#CCN1C(=O)CCCC1CCC(O)Cc1cccc(Cl)c1. The van der Waals surface area contributed by atoms with Crippen LogP contribution in [0, 0.1) is 11.8 Å². The van der Waals surface area contributed by atoms with Crippen molar-refractivity contribution >= 4 is 23.5 Å². The molecule has 158 valence electrons. The summed E-state index contributed by atoms with van der Waals surface area (Å²) in [5.74, 6) is 5.41. The van der Waals surface area contributed by atoms with Crippen molar-refractivity contribution in [3.63, 3.8) is 0 Å². The fourth-order valence-corrected chi connectivity index (χ4v) is 3.58. The number of carbonyl (C=O) groups excluding carboxylic acids is 2. The maximum absolute atomic E-state index is 12.3. The van der Waals surface area contributed by atoms with Gasteiger partial charge >= 0.3 is 5.97 Å². The van der Waals surface area contributed by atoms with Crippen LogP contribution in [-0.2, 0) is 25.5 Å². The lowest BCUT2D eigenvalue weighted by molar-refractivity contribution is -0.145. The zero-order chi connectivity index (χ0) is 21.1. The first-order valence-corrected chi connectivity index (χ1v) is 10.2. The molecule has 1 N–H and O–H groups in total.